The molecule has 0 saturated heterocycles. The minimum absolute atomic E-state index is 0. The van der Waals surface area contributed by atoms with Gasteiger partial charge in [0.25, 0.3) is 6.47 Å². The van der Waals surface area contributed by atoms with Crippen molar-refractivity contribution in [1.82, 2.24) is 14.4 Å². The van der Waals surface area contributed by atoms with Crippen LogP contribution in [0.4, 0.5) is 5.69 Å². The molecule has 0 N–H and O–H groups in total. The van der Waals surface area contributed by atoms with E-state index in [2.05, 4.69) is 16.5 Å². The topological polar surface area (TPSA) is 76.8 Å². The molecule has 0 unspecified atom stereocenters. The lowest BCUT2D eigenvalue weighted by atomic mass is 10.0. The fraction of sp³-hybridized carbons (Fsp3) is 0.304. The number of aryl methyl sites for hydroxylation is 1. The van der Waals surface area contributed by atoms with E-state index in [9.17, 15) is 9.59 Å². The van der Waals surface area contributed by atoms with Crippen LogP contribution in [0.3, 0.4) is 0 Å². The lowest BCUT2D eigenvalue weighted by Crippen LogP contribution is -2.11. The van der Waals surface area contributed by atoms with E-state index in [1.54, 1.807) is 24.5 Å². The second-order valence-electron chi connectivity index (χ2n) is 6.74. The molecule has 7 heteroatoms. The van der Waals surface area contributed by atoms with Crippen molar-refractivity contribution in [2.45, 2.75) is 33.6 Å². The first-order valence-corrected chi connectivity index (χ1v) is 9.84. The number of benzene rings is 1. The molecule has 0 aliphatic rings. The Morgan fingerprint density at radius 3 is 2.67 bits per heavy atom. The van der Waals surface area contributed by atoms with Crippen molar-refractivity contribution >= 4 is 29.3 Å². The number of rotatable bonds is 8. The normalized spacial score (nSPS) is 10.2. The Bertz CT molecular complexity index is 1060. The van der Waals surface area contributed by atoms with Gasteiger partial charge in [-0.2, -0.15) is 0 Å². The summed E-state index contributed by atoms with van der Waals surface area (Å²) in [7, 11) is 3.73. The van der Waals surface area contributed by atoms with Crippen molar-refractivity contribution in [3.05, 3.63) is 60.2 Å². The van der Waals surface area contributed by atoms with Crippen molar-refractivity contribution in [3.8, 4) is 5.75 Å². The molecule has 1 aromatic carbocycles. The quantitative estimate of drug-likeness (QED) is 0.403. The highest BCUT2D eigenvalue weighted by Gasteiger charge is 2.14. The van der Waals surface area contributed by atoms with Crippen LogP contribution in [0.15, 0.2) is 43.2 Å². The highest BCUT2D eigenvalue weighted by Crippen LogP contribution is 2.28. The van der Waals surface area contributed by atoms with E-state index in [-0.39, 0.29) is 7.21 Å². The van der Waals surface area contributed by atoms with Gasteiger partial charge in [0.1, 0.15) is 5.69 Å². The monoisotopic (exact) mass is 410 g/mol. The summed E-state index contributed by atoms with van der Waals surface area (Å²) in [6, 6.07) is 7.25. The summed E-state index contributed by atoms with van der Waals surface area (Å²) in [6.45, 7) is 10.3. The SMILES string of the molecule is C=C(C)c1cc(C(=O)CCc2ccc(OC=O)c(N(C)C)c2)nc2nccn12.CC.[HH]. The third kappa shape index (κ3) is 5.11. The second kappa shape index (κ2) is 10.3. The molecule has 0 saturated carbocycles. The Labute approximate surface area is 178 Å². The number of aromatic nitrogens is 3. The third-order valence-electron chi connectivity index (χ3n) is 4.42. The molecule has 0 amide bonds. The Morgan fingerprint density at radius 1 is 1.30 bits per heavy atom. The van der Waals surface area contributed by atoms with E-state index in [0.717, 1.165) is 22.5 Å². The zero-order valence-electron chi connectivity index (χ0n) is 18.2. The van der Waals surface area contributed by atoms with Gasteiger partial charge in [0.05, 0.1) is 11.4 Å². The zero-order chi connectivity index (χ0) is 22.3. The average Bonchev–Trinajstić information content (AvgIpc) is 3.22. The first-order valence-electron chi connectivity index (χ1n) is 9.84. The maximum absolute atomic E-state index is 12.7. The van der Waals surface area contributed by atoms with Crippen LogP contribution in [-0.4, -0.2) is 40.7 Å². The van der Waals surface area contributed by atoms with Gasteiger partial charge in [0, 0.05) is 34.3 Å². The van der Waals surface area contributed by atoms with Crippen LogP contribution in [0.5, 0.6) is 5.75 Å². The number of ketones is 1. The van der Waals surface area contributed by atoms with E-state index in [1.165, 1.54) is 0 Å². The molecule has 0 bridgehead atoms. The molecule has 2 heterocycles. The number of nitrogens with zero attached hydrogens (tertiary/aromatic N) is 4. The van der Waals surface area contributed by atoms with Crippen LogP contribution in [0, 0.1) is 0 Å². The molecule has 3 rings (SSSR count). The summed E-state index contributed by atoms with van der Waals surface area (Å²) in [6.07, 6.45) is 4.30. The second-order valence-corrected chi connectivity index (χ2v) is 6.74. The first-order chi connectivity index (χ1) is 14.4. The van der Waals surface area contributed by atoms with E-state index in [4.69, 9.17) is 4.74 Å². The van der Waals surface area contributed by atoms with Crippen molar-refractivity contribution in [2.24, 2.45) is 0 Å². The fourth-order valence-corrected chi connectivity index (χ4v) is 2.98. The smallest absolute Gasteiger partial charge is 0.298 e. The standard InChI is InChI=1S/C21H22N4O3.C2H6.H2/c1-14(2)17-12-16(23-21-22-9-10-25(17)21)19(27)7-5-15-6-8-20(28-13-26)18(11-15)24(3)4;1-2;/h6,8-13H,1,5,7H2,2-4H3;1-2H3;1H. The largest absolute Gasteiger partial charge is 0.427 e. The molecule has 2 aromatic heterocycles. The summed E-state index contributed by atoms with van der Waals surface area (Å²) in [5.41, 5.74) is 3.78. The highest BCUT2D eigenvalue weighted by atomic mass is 16.5. The number of hydrogen-bond donors (Lipinski definition) is 0. The van der Waals surface area contributed by atoms with Crippen LogP contribution in [0.2, 0.25) is 0 Å². The van der Waals surface area contributed by atoms with Gasteiger partial charge in [0.15, 0.2) is 11.5 Å². The Morgan fingerprint density at radius 2 is 2.03 bits per heavy atom. The number of hydrogen-bond acceptors (Lipinski definition) is 6. The Kier molecular flexibility index (Phi) is 7.86. The molecule has 0 radical (unpaired) electrons. The summed E-state index contributed by atoms with van der Waals surface area (Å²) in [5.74, 6) is 0.898. The van der Waals surface area contributed by atoms with Crippen LogP contribution < -0.4 is 9.64 Å². The van der Waals surface area contributed by atoms with E-state index >= 15 is 0 Å². The van der Waals surface area contributed by atoms with Crippen LogP contribution in [-0.2, 0) is 11.2 Å². The van der Waals surface area contributed by atoms with Crippen LogP contribution in [0.1, 0.15) is 50.4 Å². The van der Waals surface area contributed by atoms with Gasteiger partial charge >= 0.3 is 0 Å². The summed E-state index contributed by atoms with van der Waals surface area (Å²) in [5, 5.41) is 0. The summed E-state index contributed by atoms with van der Waals surface area (Å²) >= 11 is 0. The van der Waals surface area contributed by atoms with Gasteiger partial charge in [-0.15, -0.1) is 0 Å². The molecule has 160 valence electrons. The number of allylic oxidation sites excluding steroid dienone is 1. The fourth-order valence-electron chi connectivity index (χ4n) is 2.98. The van der Waals surface area contributed by atoms with Gasteiger partial charge in [-0.05, 0) is 42.7 Å². The predicted octanol–water partition coefficient (Wildman–Crippen LogP) is 4.45. The van der Waals surface area contributed by atoms with Crippen LogP contribution >= 0.6 is 0 Å². The minimum Gasteiger partial charge on any atom is -0.427 e. The summed E-state index contributed by atoms with van der Waals surface area (Å²) < 4.78 is 6.81. The van der Waals surface area contributed by atoms with E-state index < -0.39 is 0 Å². The number of fused-ring (bicyclic) bond motifs is 1. The lowest BCUT2D eigenvalue weighted by molar-refractivity contribution is -0.120. The molecular formula is C23H30N4O3. The number of Topliss-reactive ketones (excluding diaryl/α,β-unsaturated/α-hetero) is 1. The first kappa shape index (κ1) is 22.8. The number of carbonyl (C=O) groups is 2. The summed E-state index contributed by atoms with van der Waals surface area (Å²) in [4.78, 5) is 33.8. The predicted molar refractivity (Wildman–Crippen MR) is 121 cm³/mol. The van der Waals surface area contributed by atoms with Gasteiger partial charge in [-0.3, -0.25) is 14.0 Å². The van der Waals surface area contributed by atoms with E-state index in [0.29, 0.717) is 36.5 Å². The Hall–Kier alpha value is -3.48. The van der Waals surface area contributed by atoms with Crippen molar-refractivity contribution < 1.29 is 15.8 Å². The van der Waals surface area contributed by atoms with E-state index in [1.807, 2.05) is 56.3 Å². The molecule has 7 nitrogen and oxygen atoms in total. The number of imidazole rings is 1. The minimum atomic E-state index is -0.0624. The van der Waals surface area contributed by atoms with Crippen molar-refractivity contribution in [3.63, 3.8) is 0 Å². The number of anilines is 1. The maximum Gasteiger partial charge on any atom is 0.298 e. The maximum atomic E-state index is 12.7. The molecule has 3 aromatic rings. The molecule has 0 aliphatic heterocycles. The van der Waals surface area contributed by atoms with Crippen molar-refractivity contribution in [2.75, 3.05) is 19.0 Å². The lowest BCUT2D eigenvalue weighted by Gasteiger charge is -2.17. The van der Waals surface area contributed by atoms with Crippen LogP contribution in [0.25, 0.3) is 11.4 Å². The third-order valence-corrected chi connectivity index (χ3v) is 4.42. The molecule has 30 heavy (non-hydrogen) atoms. The zero-order valence-corrected chi connectivity index (χ0v) is 18.2. The van der Waals surface area contributed by atoms with Gasteiger partial charge in [0.2, 0.25) is 5.78 Å². The number of carbonyl (C=O) groups excluding carboxylic acids is 2. The molecular weight excluding hydrogens is 380 g/mol. The van der Waals surface area contributed by atoms with Gasteiger partial charge in [-0.25, -0.2) is 9.97 Å². The average molecular weight is 411 g/mol. The van der Waals surface area contributed by atoms with Gasteiger partial charge < -0.3 is 9.64 Å². The Balaban J connectivity index is 0.00000156. The van der Waals surface area contributed by atoms with Crippen molar-refractivity contribution in [1.29, 1.82) is 0 Å². The number of ether oxygens (including phenoxy) is 1. The molecule has 0 aliphatic carbocycles. The van der Waals surface area contributed by atoms with Gasteiger partial charge in [-0.1, -0.05) is 26.5 Å². The molecule has 0 atom stereocenters. The molecule has 0 spiro atoms. The highest BCUT2D eigenvalue weighted by molar-refractivity contribution is 5.95. The molecule has 0 fully saturated rings.